The molecule has 0 aliphatic carbocycles. The van der Waals surface area contributed by atoms with Crippen LogP contribution in [-0.2, 0) is 27.5 Å². The Morgan fingerprint density at radius 2 is 1.71 bits per heavy atom. The average Bonchev–Trinajstić information content (AvgIpc) is 3.27. The van der Waals surface area contributed by atoms with Crippen molar-refractivity contribution >= 4 is 23.9 Å². The van der Waals surface area contributed by atoms with Crippen molar-refractivity contribution in [3.05, 3.63) is 39.6 Å². The number of carbonyl (C=O) groups is 3. The van der Waals surface area contributed by atoms with Crippen LogP contribution in [-0.4, -0.2) is 94.8 Å². The van der Waals surface area contributed by atoms with Crippen LogP contribution in [0.2, 0.25) is 0 Å². The molecule has 2 aliphatic rings. The summed E-state index contributed by atoms with van der Waals surface area (Å²) in [5, 5.41) is 38.3. The molecule has 0 bridgehead atoms. The number of carboxylic acids is 3. The molecule has 2 aliphatic heterocycles. The summed E-state index contributed by atoms with van der Waals surface area (Å²) >= 11 is 0. The molecule has 0 saturated carbocycles. The third kappa shape index (κ3) is 8.85. The third-order valence-electron chi connectivity index (χ3n) is 7.51. The first-order valence-electron chi connectivity index (χ1n) is 13.9. The monoisotopic (exact) mass is 576 g/mol. The summed E-state index contributed by atoms with van der Waals surface area (Å²) in [6.45, 7) is 10.1. The van der Waals surface area contributed by atoms with Crippen LogP contribution in [0.4, 0.5) is 5.95 Å². The zero-order valence-electron chi connectivity index (χ0n) is 23.6. The fraction of sp³-hybridized carbons (Fsp3) is 0.630. The highest BCUT2D eigenvalue weighted by Crippen LogP contribution is 2.27. The molecule has 1 atom stereocenters. The van der Waals surface area contributed by atoms with E-state index in [-0.39, 0.29) is 5.56 Å². The van der Waals surface area contributed by atoms with Crippen LogP contribution in [0.3, 0.4) is 0 Å². The third-order valence-corrected chi connectivity index (χ3v) is 7.51. The zero-order chi connectivity index (χ0) is 30.2. The van der Waals surface area contributed by atoms with Crippen LogP contribution >= 0.6 is 0 Å². The lowest BCUT2D eigenvalue weighted by Crippen LogP contribution is -2.42. The van der Waals surface area contributed by atoms with Gasteiger partial charge in [-0.1, -0.05) is 0 Å². The number of aliphatic hydroxyl groups is 1. The van der Waals surface area contributed by atoms with Crippen molar-refractivity contribution < 1.29 is 34.8 Å². The molecule has 2 aromatic rings. The Labute approximate surface area is 237 Å². The largest absolute Gasteiger partial charge is 0.481 e. The van der Waals surface area contributed by atoms with Gasteiger partial charge in [0.15, 0.2) is 5.60 Å². The molecule has 0 radical (unpaired) electrons. The maximum atomic E-state index is 12.3. The van der Waals surface area contributed by atoms with Crippen LogP contribution in [0, 0.1) is 6.92 Å². The summed E-state index contributed by atoms with van der Waals surface area (Å²) in [6, 6.07) is 1.71. The number of H-pyrrole nitrogens is 1. The van der Waals surface area contributed by atoms with E-state index in [2.05, 4.69) is 38.4 Å². The number of hydrogen-bond donors (Lipinski definition) is 5. The predicted octanol–water partition coefficient (Wildman–Crippen LogP) is 1.42. The molecule has 4 rings (SSSR count). The van der Waals surface area contributed by atoms with E-state index in [4.69, 9.17) is 25.4 Å². The number of aromatic nitrogens is 4. The van der Waals surface area contributed by atoms with Crippen molar-refractivity contribution in [2.45, 2.75) is 83.4 Å². The Morgan fingerprint density at radius 1 is 1.05 bits per heavy atom. The lowest BCUT2D eigenvalue weighted by molar-refractivity contribution is -0.170. The zero-order valence-corrected chi connectivity index (χ0v) is 23.6. The van der Waals surface area contributed by atoms with E-state index in [1.165, 1.54) is 30.5 Å². The van der Waals surface area contributed by atoms with Crippen LogP contribution < -0.4 is 10.5 Å². The number of anilines is 1. The number of likely N-dealkylation sites (tertiary alicyclic amines) is 1. The van der Waals surface area contributed by atoms with Gasteiger partial charge in [0.05, 0.1) is 24.7 Å². The number of aliphatic carboxylic acids is 3. The second kappa shape index (κ2) is 14.2. The van der Waals surface area contributed by atoms with E-state index in [9.17, 15) is 19.2 Å². The van der Waals surface area contributed by atoms with E-state index >= 15 is 0 Å². The van der Waals surface area contributed by atoms with Crippen LogP contribution in [0.1, 0.15) is 74.7 Å². The van der Waals surface area contributed by atoms with Crippen LogP contribution in [0.15, 0.2) is 17.1 Å². The first kappa shape index (κ1) is 31.7. The molecule has 1 unspecified atom stereocenters. The quantitative estimate of drug-likeness (QED) is 0.273. The Hall–Kier alpha value is -3.78. The molecule has 14 heteroatoms. The average molecular weight is 577 g/mol. The first-order chi connectivity index (χ1) is 19.4. The molecule has 0 aromatic carbocycles. The number of rotatable bonds is 10. The minimum atomic E-state index is -2.74. The Bertz CT molecular complexity index is 1250. The molecule has 2 aromatic heterocycles. The number of aryl methyl sites for hydroxylation is 1. The summed E-state index contributed by atoms with van der Waals surface area (Å²) in [5.41, 5.74) is 0.747. The maximum absolute atomic E-state index is 12.3. The molecule has 14 nitrogen and oxygen atoms in total. The van der Waals surface area contributed by atoms with Gasteiger partial charge in [-0.3, -0.25) is 28.9 Å². The summed E-state index contributed by atoms with van der Waals surface area (Å²) < 4.78 is 2.06. The van der Waals surface area contributed by atoms with E-state index in [1.54, 1.807) is 6.07 Å². The van der Waals surface area contributed by atoms with Gasteiger partial charge in [-0.2, -0.15) is 5.10 Å². The van der Waals surface area contributed by atoms with Gasteiger partial charge in [-0.05, 0) is 52.5 Å². The Kier molecular flexibility index (Phi) is 11.0. The number of piperidine rings is 2. The normalized spacial score (nSPS) is 17.9. The lowest BCUT2D eigenvalue weighted by atomic mass is 9.94. The molecule has 5 N–H and O–H groups in total. The molecule has 4 heterocycles. The number of nitrogens with one attached hydrogen (secondary N) is 1. The topological polar surface area (TPSA) is 202 Å². The van der Waals surface area contributed by atoms with Crippen molar-refractivity contribution in [2.24, 2.45) is 0 Å². The van der Waals surface area contributed by atoms with Crippen LogP contribution in [0.5, 0.6) is 0 Å². The molecule has 0 amide bonds. The molecule has 226 valence electrons. The molecule has 41 heavy (non-hydrogen) atoms. The minimum absolute atomic E-state index is 0.0252. The maximum Gasteiger partial charge on any atom is 0.336 e. The van der Waals surface area contributed by atoms with Crippen molar-refractivity contribution in [2.75, 3.05) is 31.1 Å². The highest BCUT2D eigenvalue weighted by atomic mass is 16.4. The summed E-state index contributed by atoms with van der Waals surface area (Å²) in [6.07, 6.45) is 5.57. The molecule has 2 fully saturated rings. The van der Waals surface area contributed by atoms with Crippen molar-refractivity contribution in [3.63, 3.8) is 0 Å². The van der Waals surface area contributed by atoms with E-state index in [0.29, 0.717) is 5.92 Å². The van der Waals surface area contributed by atoms with Gasteiger partial charge in [0, 0.05) is 56.0 Å². The van der Waals surface area contributed by atoms with Gasteiger partial charge in [0.1, 0.15) is 0 Å². The van der Waals surface area contributed by atoms with Gasteiger partial charge in [0.25, 0.3) is 5.56 Å². The number of aromatic amines is 1. The number of carboxylic acid groups (broad SMARTS) is 3. The molecular weight excluding hydrogens is 536 g/mol. The van der Waals surface area contributed by atoms with E-state index < -0.39 is 36.4 Å². The summed E-state index contributed by atoms with van der Waals surface area (Å²) in [4.78, 5) is 55.4. The van der Waals surface area contributed by atoms with Gasteiger partial charge >= 0.3 is 17.9 Å². The predicted molar refractivity (Wildman–Crippen MR) is 148 cm³/mol. The number of hydrogen-bond acceptors (Lipinski definition) is 9. The van der Waals surface area contributed by atoms with E-state index in [1.807, 2.05) is 6.20 Å². The van der Waals surface area contributed by atoms with Crippen molar-refractivity contribution in [3.8, 4) is 0 Å². The SMILES string of the molecule is CCn1ncc(CN2CCCC(c3cc(=O)[nH]c(N4CCCCC4)n3)C2)c1C.O=C(O)CC(O)(CC(=O)O)C(=O)O. The molecule has 0 spiro atoms. The fourth-order valence-electron chi connectivity index (χ4n) is 5.28. The van der Waals surface area contributed by atoms with Crippen LogP contribution in [0.25, 0.3) is 0 Å². The minimum Gasteiger partial charge on any atom is -0.481 e. The molecule has 2 saturated heterocycles. The van der Waals surface area contributed by atoms with Gasteiger partial charge < -0.3 is 25.3 Å². The van der Waals surface area contributed by atoms with Crippen molar-refractivity contribution in [1.29, 1.82) is 0 Å². The highest BCUT2D eigenvalue weighted by Gasteiger charge is 2.40. The lowest BCUT2D eigenvalue weighted by Gasteiger charge is -2.33. The smallest absolute Gasteiger partial charge is 0.336 e. The standard InChI is InChI=1S/C21H32N6O.C6H8O7/c1-3-27-16(2)18(13-22-27)15-25-9-7-8-17(14-25)19-12-20(28)24-21(23-19)26-10-5-4-6-11-26;7-3(8)1-6(13,5(11)12)2-4(9)10/h12-13,17H,3-11,14-15H2,1-2H3,(H,23,24,28);13H,1-2H2,(H,7,8)(H,9,10)(H,11,12). The highest BCUT2D eigenvalue weighted by molar-refractivity contribution is 5.88. The number of nitrogens with zero attached hydrogens (tertiary/aromatic N) is 5. The summed E-state index contributed by atoms with van der Waals surface area (Å²) in [5.74, 6) is -3.94. The second-order valence-corrected chi connectivity index (χ2v) is 10.7. The second-order valence-electron chi connectivity index (χ2n) is 10.7. The van der Waals surface area contributed by atoms with Gasteiger partial charge in [-0.25, -0.2) is 9.78 Å². The summed E-state index contributed by atoms with van der Waals surface area (Å²) in [7, 11) is 0. The van der Waals surface area contributed by atoms with Crippen molar-refractivity contribution in [1.82, 2.24) is 24.6 Å². The Morgan fingerprint density at radius 3 is 2.27 bits per heavy atom. The van der Waals surface area contributed by atoms with E-state index in [0.717, 1.165) is 63.8 Å². The van der Waals surface area contributed by atoms with Gasteiger partial charge in [0.2, 0.25) is 5.95 Å². The van der Waals surface area contributed by atoms with Gasteiger partial charge in [-0.15, -0.1) is 0 Å². The Balaban J connectivity index is 0.000000302. The first-order valence-corrected chi connectivity index (χ1v) is 13.9. The molecular formula is C27H40N6O8. The fourth-order valence-corrected chi connectivity index (χ4v) is 5.28.